The zero-order valence-corrected chi connectivity index (χ0v) is 14.1. The van der Waals surface area contributed by atoms with E-state index in [1.54, 1.807) is 7.11 Å². The fourth-order valence-electron chi connectivity index (χ4n) is 2.21. The third-order valence-corrected chi connectivity index (χ3v) is 4.03. The lowest BCUT2D eigenvalue weighted by Gasteiger charge is -2.16. The van der Waals surface area contributed by atoms with Crippen molar-refractivity contribution >= 4 is 15.9 Å². The zero-order chi connectivity index (χ0) is 15.4. The molecule has 0 bridgehead atoms. The first kappa shape index (κ1) is 15.9. The molecule has 112 valence electrons. The summed E-state index contributed by atoms with van der Waals surface area (Å²) in [5.41, 5.74) is 9.51. The van der Waals surface area contributed by atoms with Crippen molar-refractivity contribution in [1.82, 2.24) is 0 Å². The Kier molecular flexibility index (Phi) is 5.26. The van der Waals surface area contributed by atoms with Gasteiger partial charge in [-0.25, -0.2) is 0 Å². The van der Waals surface area contributed by atoms with E-state index < -0.39 is 0 Å². The number of hydrogen-bond donors (Lipinski definition) is 1. The predicted molar refractivity (Wildman–Crippen MR) is 89.1 cm³/mol. The Balaban J connectivity index is 2.31. The van der Waals surface area contributed by atoms with Crippen molar-refractivity contribution in [2.24, 2.45) is 5.73 Å². The Morgan fingerprint density at radius 2 is 1.76 bits per heavy atom. The first-order valence-corrected chi connectivity index (χ1v) is 7.68. The maximum atomic E-state index is 6.37. The molecule has 21 heavy (non-hydrogen) atoms. The molecule has 1 unspecified atom stereocenters. The average Bonchev–Trinajstić information content (AvgIpc) is 2.49. The van der Waals surface area contributed by atoms with Gasteiger partial charge in [-0.05, 0) is 64.7 Å². The van der Waals surface area contributed by atoms with Crippen molar-refractivity contribution in [2.75, 3.05) is 13.7 Å². The van der Waals surface area contributed by atoms with Crippen LogP contribution in [-0.4, -0.2) is 13.7 Å². The highest BCUT2D eigenvalue weighted by atomic mass is 79.9. The molecule has 1 atom stereocenters. The molecular formula is C17H20BrNO2. The van der Waals surface area contributed by atoms with E-state index in [2.05, 4.69) is 15.9 Å². The molecule has 0 saturated carbocycles. The van der Waals surface area contributed by atoms with Crippen molar-refractivity contribution in [3.05, 3.63) is 57.6 Å². The van der Waals surface area contributed by atoms with Crippen LogP contribution >= 0.6 is 15.9 Å². The van der Waals surface area contributed by atoms with E-state index in [-0.39, 0.29) is 6.04 Å². The van der Waals surface area contributed by atoms with Crippen LogP contribution in [0.1, 0.15) is 29.7 Å². The Morgan fingerprint density at radius 1 is 1.10 bits per heavy atom. The highest BCUT2D eigenvalue weighted by Crippen LogP contribution is 2.31. The fourth-order valence-corrected chi connectivity index (χ4v) is 2.72. The molecule has 0 aliphatic heterocycles. The van der Waals surface area contributed by atoms with Gasteiger partial charge in [-0.15, -0.1) is 0 Å². The van der Waals surface area contributed by atoms with Gasteiger partial charge in [-0.1, -0.05) is 18.2 Å². The van der Waals surface area contributed by atoms with Crippen molar-refractivity contribution < 1.29 is 9.47 Å². The molecule has 0 aliphatic carbocycles. The molecule has 0 fully saturated rings. The predicted octanol–water partition coefficient (Wildman–Crippen LogP) is 4.21. The number of methoxy groups -OCH3 is 1. The minimum atomic E-state index is -0.202. The van der Waals surface area contributed by atoms with Crippen molar-refractivity contribution in [2.45, 2.75) is 19.9 Å². The summed E-state index contributed by atoms with van der Waals surface area (Å²) in [5, 5.41) is 0. The number of hydrogen-bond acceptors (Lipinski definition) is 3. The van der Waals surface area contributed by atoms with Gasteiger partial charge in [0, 0.05) is 0 Å². The molecule has 2 rings (SSSR count). The molecule has 2 aromatic rings. The molecule has 0 spiro atoms. The highest BCUT2D eigenvalue weighted by Gasteiger charge is 2.13. The van der Waals surface area contributed by atoms with E-state index in [0.717, 1.165) is 32.7 Å². The monoisotopic (exact) mass is 349 g/mol. The molecule has 2 aromatic carbocycles. The van der Waals surface area contributed by atoms with E-state index in [4.69, 9.17) is 15.2 Å². The molecular weight excluding hydrogens is 330 g/mol. The van der Waals surface area contributed by atoms with Crippen LogP contribution in [0.2, 0.25) is 0 Å². The van der Waals surface area contributed by atoms with Crippen LogP contribution in [0.4, 0.5) is 0 Å². The van der Waals surface area contributed by atoms with Gasteiger partial charge >= 0.3 is 0 Å². The Labute approximate surface area is 134 Å². The summed E-state index contributed by atoms with van der Waals surface area (Å²) in [7, 11) is 1.67. The quantitative estimate of drug-likeness (QED) is 0.878. The van der Waals surface area contributed by atoms with Gasteiger partial charge in [0.15, 0.2) is 0 Å². The van der Waals surface area contributed by atoms with E-state index in [9.17, 15) is 0 Å². The summed E-state index contributed by atoms with van der Waals surface area (Å²) in [4.78, 5) is 0. The van der Waals surface area contributed by atoms with Gasteiger partial charge in [0.05, 0.1) is 24.2 Å². The minimum absolute atomic E-state index is 0.202. The largest absolute Gasteiger partial charge is 0.496 e. The maximum Gasteiger partial charge on any atom is 0.133 e. The van der Waals surface area contributed by atoms with Crippen molar-refractivity contribution in [3.63, 3.8) is 0 Å². The molecule has 0 saturated heterocycles. The van der Waals surface area contributed by atoms with Gasteiger partial charge in [0.1, 0.15) is 11.5 Å². The highest BCUT2D eigenvalue weighted by molar-refractivity contribution is 9.10. The third kappa shape index (κ3) is 3.57. The topological polar surface area (TPSA) is 44.5 Å². The van der Waals surface area contributed by atoms with Crippen LogP contribution < -0.4 is 15.2 Å². The van der Waals surface area contributed by atoms with E-state index >= 15 is 0 Å². The number of nitrogens with two attached hydrogens (primary N) is 1. The maximum absolute atomic E-state index is 6.37. The first-order chi connectivity index (χ1) is 10.1. The number of ether oxygens (including phenoxy) is 2. The summed E-state index contributed by atoms with van der Waals surface area (Å²) >= 11 is 3.52. The number of benzene rings is 2. The second-order valence-electron chi connectivity index (χ2n) is 4.83. The summed E-state index contributed by atoms with van der Waals surface area (Å²) < 4.78 is 11.8. The lowest BCUT2D eigenvalue weighted by molar-refractivity contribution is 0.338. The van der Waals surface area contributed by atoms with Crippen LogP contribution in [0.25, 0.3) is 0 Å². The standard InChI is InChI=1S/C17H20BrNO2/c1-4-21-15-8-7-12(9-14(15)18)17(19)13-6-5-11(2)16(10-13)20-3/h5-10,17H,4,19H2,1-3H3. The molecule has 0 aromatic heterocycles. The van der Waals surface area contributed by atoms with E-state index in [1.165, 1.54) is 0 Å². The molecule has 2 N–H and O–H groups in total. The molecule has 0 radical (unpaired) electrons. The van der Waals surface area contributed by atoms with Crippen LogP contribution in [0, 0.1) is 6.92 Å². The lowest BCUT2D eigenvalue weighted by atomic mass is 9.98. The molecule has 0 amide bonds. The second kappa shape index (κ2) is 6.96. The van der Waals surface area contributed by atoms with Gasteiger partial charge in [0.25, 0.3) is 0 Å². The summed E-state index contributed by atoms with van der Waals surface area (Å²) in [5.74, 6) is 1.68. The zero-order valence-electron chi connectivity index (χ0n) is 12.5. The Hall–Kier alpha value is -1.52. The molecule has 0 aliphatic rings. The van der Waals surface area contributed by atoms with Gasteiger partial charge in [0.2, 0.25) is 0 Å². The molecule has 3 nitrogen and oxygen atoms in total. The van der Waals surface area contributed by atoms with Crippen LogP contribution in [0.3, 0.4) is 0 Å². The summed E-state index contributed by atoms with van der Waals surface area (Å²) in [6, 6.07) is 11.8. The fraction of sp³-hybridized carbons (Fsp3) is 0.294. The van der Waals surface area contributed by atoms with Crippen molar-refractivity contribution in [3.8, 4) is 11.5 Å². The normalized spacial score (nSPS) is 12.0. The van der Waals surface area contributed by atoms with Crippen LogP contribution in [-0.2, 0) is 0 Å². The van der Waals surface area contributed by atoms with Crippen molar-refractivity contribution in [1.29, 1.82) is 0 Å². The van der Waals surface area contributed by atoms with Crippen LogP contribution in [0.15, 0.2) is 40.9 Å². The molecule has 4 heteroatoms. The average molecular weight is 350 g/mol. The van der Waals surface area contributed by atoms with E-state index in [0.29, 0.717) is 6.61 Å². The van der Waals surface area contributed by atoms with Gasteiger partial charge in [-0.2, -0.15) is 0 Å². The van der Waals surface area contributed by atoms with Gasteiger partial charge < -0.3 is 15.2 Å². The summed E-state index contributed by atoms with van der Waals surface area (Å²) in [6.07, 6.45) is 0. The number of aryl methyl sites for hydroxylation is 1. The lowest BCUT2D eigenvalue weighted by Crippen LogP contribution is -2.12. The van der Waals surface area contributed by atoms with E-state index in [1.807, 2.05) is 50.2 Å². The smallest absolute Gasteiger partial charge is 0.133 e. The van der Waals surface area contributed by atoms with Gasteiger partial charge in [-0.3, -0.25) is 0 Å². The minimum Gasteiger partial charge on any atom is -0.496 e. The third-order valence-electron chi connectivity index (χ3n) is 3.41. The second-order valence-corrected chi connectivity index (χ2v) is 5.68. The SMILES string of the molecule is CCOc1ccc(C(N)c2ccc(C)c(OC)c2)cc1Br. The number of halogens is 1. The molecule has 0 heterocycles. The van der Waals surface area contributed by atoms with Crippen LogP contribution in [0.5, 0.6) is 11.5 Å². The Morgan fingerprint density at radius 3 is 2.38 bits per heavy atom. The first-order valence-electron chi connectivity index (χ1n) is 6.89. The summed E-state index contributed by atoms with van der Waals surface area (Å²) in [6.45, 7) is 4.62. The number of rotatable bonds is 5. The Bertz CT molecular complexity index is 628.